The smallest absolute Gasteiger partial charge is 0.310 e. The molecule has 6 nitrogen and oxygen atoms in total. The SMILES string of the molecule is CC(C)(C)OC(=O)CC(OC=O)c1cccc2[nH]ncc12. The molecule has 0 saturated carbocycles. The summed E-state index contributed by atoms with van der Waals surface area (Å²) in [6.07, 6.45) is 0.903. The molecule has 1 N–H and O–H groups in total. The van der Waals surface area contributed by atoms with Crippen LogP contribution in [0.1, 0.15) is 38.9 Å². The van der Waals surface area contributed by atoms with Crippen molar-refractivity contribution in [1.29, 1.82) is 0 Å². The highest BCUT2D eigenvalue weighted by Gasteiger charge is 2.24. The summed E-state index contributed by atoms with van der Waals surface area (Å²) in [4.78, 5) is 22.7. The minimum atomic E-state index is -0.696. The van der Waals surface area contributed by atoms with Crippen molar-refractivity contribution in [2.24, 2.45) is 0 Å². The van der Waals surface area contributed by atoms with Crippen LogP contribution in [-0.2, 0) is 19.1 Å². The molecule has 112 valence electrons. The normalized spacial score (nSPS) is 12.9. The number of esters is 1. The number of ether oxygens (including phenoxy) is 2. The minimum Gasteiger partial charge on any atom is -0.460 e. The Morgan fingerprint density at radius 2 is 2.19 bits per heavy atom. The molecule has 0 aliphatic carbocycles. The molecule has 0 aliphatic rings. The first-order chi connectivity index (χ1) is 9.90. The number of fused-ring (bicyclic) bond motifs is 1. The Morgan fingerprint density at radius 1 is 1.43 bits per heavy atom. The zero-order chi connectivity index (χ0) is 15.5. The Bertz CT molecular complexity index is 642. The second kappa shape index (κ2) is 5.95. The van der Waals surface area contributed by atoms with Crippen molar-refractivity contribution in [1.82, 2.24) is 10.2 Å². The Morgan fingerprint density at radius 3 is 2.86 bits per heavy atom. The molecule has 1 aromatic carbocycles. The Balaban J connectivity index is 2.25. The van der Waals surface area contributed by atoms with Crippen LogP contribution in [0.5, 0.6) is 0 Å². The molecule has 0 bridgehead atoms. The van der Waals surface area contributed by atoms with Gasteiger partial charge in [-0.1, -0.05) is 12.1 Å². The molecule has 2 aromatic rings. The highest BCUT2D eigenvalue weighted by molar-refractivity contribution is 5.83. The molecule has 1 unspecified atom stereocenters. The van der Waals surface area contributed by atoms with Gasteiger partial charge in [-0.2, -0.15) is 5.10 Å². The fraction of sp³-hybridized carbons (Fsp3) is 0.400. The zero-order valence-corrected chi connectivity index (χ0v) is 12.3. The number of aromatic amines is 1. The first kappa shape index (κ1) is 15.0. The predicted molar refractivity (Wildman–Crippen MR) is 76.4 cm³/mol. The number of hydrogen-bond donors (Lipinski definition) is 1. The van der Waals surface area contributed by atoms with Gasteiger partial charge in [-0.3, -0.25) is 14.7 Å². The first-order valence-electron chi connectivity index (χ1n) is 6.63. The van der Waals surface area contributed by atoms with Gasteiger partial charge in [-0.15, -0.1) is 0 Å². The summed E-state index contributed by atoms with van der Waals surface area (Å²) in [5.41, 5.74) is 0.958. The van der Waals surface area contributed by atoms with Crippen molar-refractivity contribution in [2.75, 3.05) is 0 Å². The van der Waals surface area contributed by atoms with E-state index in [1.807, 2.05) is 12.1 Å². The van der Waals surface area contributed by atoms with Crippen LogP contribution in [0.2, 0.25) is 0 Å². The van der Waals surface area contributed by atoms with Gasteiger partial charge in [0.2, 0.25) is 0 Å². The van der Waals surface area contributed by atoms with Crippen molar-refractivity contribution in [3.8, 4) is 0 Å². The van der Waals surface area contributed by atoms with Crippen molar-refractivity contribution in [3.05, 3.63) is 30.0 Å². The lowest BCUT2D eigenvalue weighted by atomic mass is 10.0. The van der Waals surface area contributed by atoms with Gasteiger partial charge in [-0.05, 0) is 26.8 Å². The van der Waals surface area contributed by atoms with Gasteiger partial charge in [0.25, 0.3) is 6.47 Å². The first-order valence-corrected chi connectivity index (χ1v) is 6.63. The van der Waals surface area contributed by atoms with Crippen molar-refractivity contribution < 1.29 is 19.1 Å². The van der Waals surface area contributed by atoms with Gasteiger partial charge < -0.3 is 9.47 Å². The summed E-state index contributed by atoms with van der Waals surface area (Å²) < 4.78 is 10.3. The number of carbonyl (C=O) groups excluding carboxylic acids is 2. The second-order valence-electron chi connectivity index (χ2n) is 5.69. The van der Waals surface area contributed by atoms with Crippen LogP contribution in [0.3, 0.4) is 0 Å². The molecule has 0 amide bonds. The number of nitrogens with zero attached hydrogens (tertiary/aromatic N) is 1. The number of aromatic nitrogens is 2. The van der Waals surface area contributed by atoms with E-state index in [2.05, 4.69) is 10.2 Å². The summed E-state index contributed by atoms with van der Waals surface area (Å²) in [5.74, 6) is -0.421. The lowest BCUT2D eigenvalue weighted by Gasteiger charge is -2.22. The Hall–Kier alpha value is -2.37. The molecule has 1 aromatic heterocycles. The van der Waals surface area contributed by atoms with Crippen LogP contribution in [0, 0.1) is 0 Å². The van der Waals surface area contributed by atoms with E-state index in [1.165, 1.54) is 0 Å². The second-order valence-corrected chi connectivity index (χ2v) is 5.69. The van der Waals surface area contributed by atoms with E-state index in [1.54, 1.807) is 33.0 Å². The standard InChI is InChI=1S/C15H18N2O4/c1-15(2,3)21-14(19)7-13(20-9-18)10-5-4-6-12-11(10)8-16-17-12/h4-6,8-9,13H,7H2,1-3H3,(H,16,17). The molecular weight excluding hydrogens is 272 g/mol. The van der Waals surface area contributed by atoms with E-state index in [-0.39, 0.29) is 6.42 Å². The van der Waals surface area contributed by atoms with Crippen molar-refractivity contribution >= 4 is 23.3 Å². The zero-order valence-electron chi connectivity index (χ0n) is 12.3. The average molecular weight is 290 g/mol. The van der Waals surface area contributed by atoms with Crippen LogP contribution in [0.4, 0.5) is 0 Å². The molecule has 0 fully saturated rings. The van der Waals surface area contributed by atoms with E-state index in [0.29, 0.717) is 6.47 Å². The third-order valence-electron chi connectivity index (χ3n) is 2.86. The number of nitrogens with one attached hydrogen (secondary N) is 1. The van der Waals surface area contributed by atoms with Crippen LogP contribution in [0.15, 0.2) is 24.4 Å². The van der Waals surface area contributed by atoms with Gasteiger partial charge >= 0.3 is 5.97 Å². The van der Waals surface area contributed by atoms with Crippen LogP contribution >= 0.6 is 0 Å². The van der Waals surface area contributed by atoms with Crippen molar-refractivity contribution in [3.63, 3.8) is 0 Å². The largest absolute Gasteiger partial charge is 0.460 e. The average Bonchev–Trinajstić information content (AvgIpc) is 2.83. The van der Waals surface area contributed by atoms with Gasteiger partial charge in [0, 0.05) is 10.9 Å². The Labute approximate surface area is 122 Å². The monoisotopic (exact) mass is 290 g/mol. The minimum absolute atomic E-state index is 0.0414. The molecule has 21 heavy (non-hydrogen) atoms. The predicted octanol–water partition coefficient (Wildman–Crippen LogP) is 2.51. The third-order valence-corrected chi connectivity index (χ3v) is 2.86. The molecule has 2 rings (SSSR count). The molecule has 0 spiro atoms. The van der Waals surface area contributed by atoms with Crippen molar-refractivity contribution in [2.45, 2.75) is 38.9 Å². The van der Waals surface area contributed by atoms with Gasteiger partial charge in [0.1, 0.15) is 11.7 Å². The van der Waals surface area contributed by atoms with E-state index in [4.69, 9.17) is 9.47 Å². The molecular formula is C15H18N2O4. The Kier molecular flexibility index (Phi) is 4.26. The maximum absolute atomic E-state index is 11.9. The number of hydrogen-bond acceptors (Lipinski definition) is 5. The summed E-state index contributed by atoms with van der Waals surface area (Å²) in [7, 11) is 0. The van der Waals surface area contributed by atoms with Crippen LogP contribution < -0.4 is 0 Å². The summed E-state index contributed by atoms with van der Waals surface area (Å²) in [6.45, 7) is 5.71. The van der Waals surface area contributed by atoms with Crippen LogP contribution in [-0.4, -0.2) is 28.2 Å². The molecule has 1 atom stereocenters. The quantitative estimate of drug-likeness (QED) is 0.676. The molecule has 0 saturated heterocycles. The molecule has 0 radical (unpaired) electrons. The summed E-state index contributed by atoms with van der Waals surface area (Å²) in [5, 5.41) is 7.61. The lowest BCUT2D eigenvalue weighted by molar-refractivity contribution is -0.158. The van der Waals surface area contributed by atoms with E-state index < -0.39 is 17.7 Å². The fourth-order valence-electron chi connectivity index (χ4n) is 2.10. The van der Waals surface area contributed by atoms with E-state index in [0.717, 1.165) is 16.5 Å². The topological polar surface area (TPSA) is 81.3 Å². The van der Waals surface area contributed by atoms with E-state index >= 15 is 0 Å². The molecule has 6 heteroatoms. The summed E-state index contributed by atoms with van der Waals surface area (Å²) in [6, 6.07) is 5.47. The number of rotatable bonds is 5. The van der Waals surface area contributed by atoms with Gasteiger partial charge in [-0.25, -0.2) is 0 Å². The lowest BCUT2D eigenvalue weighted by Crippen LogP contribution is -2.25. The highest BCUT2D eigenvalue weighted by atomic mass is 16.6. The fourth-order valence-corrected chi connectivity index (χ4v) is 2.10. The van der Waals surface area contributed by atoms with E-state index in [9.17, 15) is 9.59 Å². The summed E-state index contributed by atoms with van der Waals surface area (Å²) >= 11 is 0. The number of H-pyrrole nitrogens is 1. The van der Waals surface area contributed by atoms with Gasteiger partial charge in [0.05, 0.1) is 18.1 Å². The number of carbonyl (C=O) groups is 2. The van der Waals surface area contributed by atoms with Gasteiger partial charge in [0.15, 0.2) is 0 Å². The van der Waals surface area contributed by atoms with Crippen LogP contribution in [0.25, 0.3) is 10.9 Å². The maximum Gasteiger partial charge on any atom is 0.310 e. The molecule has 0 aliphatic heterocycles. The maximum atomic E-state index is 11.9. The molecule has 1 heterocycles. The number of benzene rings is 1. The third kappa shape index (κ3) is 3.81. The highest BCUT2D eigenvalue weighted by Crippen LogP contribution is 2.28.